The largest absolute Gasteiger partial charge is 0.508 e. The van der Waals surface area contributed by atoms with Gasteiger partial charge in [0.25, 0.3) is 6.48 Å². The second-order valence-electron chi connectivity index (χ2n) is 10.7. The van der Waals surface area contributed by atoms with Crippen LogP contribution in [0.4, 0.5) is 9.59 Å². The first-order valence-corrected chi connectivity index (χ1v) is 14.0. The number of aliphatic hydroxyl groups is 1. The monoisotopic (exact) mass is 568 g/mol. The molecule has 0 saturated carbocycles. The van der Waals surface area contributed by atoms with Crippen LogP contribution in [0.5, 0.6) is 5.75 Å². The highest BCUT2D eigenvalue weighted by molar-refractivity contribution is 5.62. The minimum atomic E-state index is -1.12. The SMILES string of the molecule is C=C(CCC1COC(O)O1)C1=CC=C(Oc2ccc(/C=C(/CCC3COC(=O)O3)CC3COC(=O)O3)cc2)CC1C. The lowest BCUT2D eigenvalue weighted by Gasteiger charge is -2.24. The molecule has 3 heterocycles. The molecule has 0 radical (unpaired) electrons. The van der Waals surface area contributed by atoms with E-state index in [4.69, 9.17) is 33.2 Å². The summed E-state index contributed by atoms with van der Waals surface area (Å²) in [6.07, 6.45) is 8.17. The molecule has 0 amide bonds. The molecule has 1 N–H and O–H groups in total. The molecule has 4 aliphatic rings. The molecule has 3 saturated heterocycles. The fourth-order valence-electron chi connectivity index (χ4n) is 5.30. The van der Waals surface area contributed by atoms with Crippen molar-refractivity contribution >= 4 is 18.4 Å². The summed E-state index contributed by atoms with van der Waals surface area (Å²) in [6, 6.07) is 7.81. The average molecular weight is 569 g/mol. The summed E-state index contributed by atoms with van der Waals surface area (Å²) in [5.74, 6) is 1.88. The third-order valence-corrected chi connectivity index (χ3v) is 7.47. The van der Waals surface area contributed by atoms with Gasteiger partial charge in [-0.1, -0.05) is 48.9 Å². The number of hydrogen-bond donors (Lipinski definition) is 1. The highest BCUT2D eigenvalue weighted by Gasteiger charge is 2.28. The van der Waals surface area contributed by atoms with Crippen LogP contribution in [-0.2, 0) is 28.4 Å². The molecule has 0 aromatic heterocycles. The molecule has 3 aliphatic heterocycles. The Bertz CT molecular complexity index is 1210. The first-order valence-electron chi connectivity index (χ1n) is 14.0. The van der Waals surface area contributed by atoms with Crippen LogP contribution in [0.15, 0.2) is 65.5 Å². The maximum Gasteiger partial charge on any atom is 0.508 e. The van der Waals surface area contributed by atoms with E-state index in [1.54, 1.807) is 0 Å². The Hall–Kier alpha value is -3.60. The summed E-state index contributed by atoms with van der Waals surface area (Å²) in [7, 11) is 0. The van der Waals surface area contributed by atoms with Gasteiger partial charge in [0.1, 0.15) is 36.9 Å². The minimum absolute atomic E-state index is 0.111. The van der Waals surface area contributed by atoms with E-state index in [-0.39, 0.29) is 37.4 Å². The lowest BCUT2D eigenvalue weighted by molar-refractivity contribution is -0.204. The van der Waals surface area contributed by atoms with E-state index in [0.29, 0.717) is 25.9 Å². The fourth-order valence-corrected chi connectivity index (χ4v) is 5.30. The Kier molecular flexibility index (Phi) is 9.43. The maximum absolute atomic E-state index is 11.4. The normalized spacial score (nSPS) is 27.9. The molecule has 220 valence electrons. The highest BCUT2D eigenvalue weighted by Crippen LogP contribution is 2.33. The fraction of sp³-hybridized carbons (Fsp3) is 0.484. The predicted octanol–water partition coefficient (Wildman–Crippen LogP) is 5.57. The van der Waals surface area contributed by atoms with Gasteiger partial charge >= 0.3 is 12.3 Å². The zero-order valence-corrected chi connectivity index (χ0v) is 23.1. The predicted molar refractivity (Wildman–Crippen MR) is 146 cm³/mol. The van der Waals surface area contributed by atoms with Gasteiger partial charge < -0.3 is 38.3 Å². The van der Waals surface area contributed by atoms with Crippen LogP contribution in [0.25, 0.3) is 6.08 Å². The second-order valence-corrected chi connectivity index (χ2v) is 10.7. The van der Waals surface area contributed by atoms with Crippen molar-refractivity contribution in [1.29, 1.82) is 0 Å². The Labute approximate surface area is 239 Å². The van der Waals surface area contributed by atoms with Gasteiger partial charge in [-0.25, -0.2) is 9.59 Å². The van der Waals surface area contributed by atoms with Crippen molar-refractivity contribution in [2.45, 2.75) is 70.2 Å². The van der Waals surface area contributed by atoms with Crippen molar-refractivity contribution < 1.29 is 47.9 Å². The second kappa shape index (κ2) is 13.4. The van der Waals surface area contributed by atoms with E-state index in [1.165, 1.54) is 5.57 Å². The molecule has 5 unspecified atom stereocenters. The first-order chi connectivity index (χ1) is 19.8. The maximum atomic E-state index is 11.4. The van der Waals surface area contributed by atoms with E-state index in [0.717, 1.165) is 47.5 Å². The van der Waals surface area contributed by atoms with Gasteiger partial charge in [0, 0.05) is 12.8 Å². The van der Waals surface area contributed by atoms with Gasteiger partial charge in [0.2, 0.25) is 0 Å². The third-order valence-electron chi connectivity index (χ3n) is 7.47. The van der Waals surface area contributed by atoms with Gasteiger partial charge in [0.05, 0.1) is 12.7 Å². The van der Waals surface area contributed by atoms with Crippen molar-refractivity contribution in [2.24, 2.45) is 5.92 Å². The quantitative estimate of drug-likeness (QED) is 0.321. The lowest BCUT2D eigenvalue weighted by atomic mass is 9.85. The number of hydrogen-bond acceptors (Lipinski definition) is 10. The number of carbonyl (C=O) groups is 2. The number of cyclic esters (lactones) is 4. The number of rotatable bonds is 12. The van der Waals surface area contributed by atoms with Crippen LogP contribution in [0.1, 0.15) is 51.0 Å². The van der Waals surface area contributed by atoms with Gasteiger partial charge in [-0.15, -0.1) is 0 Å². The summed E-state index contributed by atoms with van der Waals surface area (Å²) < 4.78 is 36.7. The molecule has 5 rings (SSSR count). The molecule has 0 bridgehead atoms. The molecule has 5 atom stereocenters. The number of allylic oxidation sites excluding steroid dienone is 5. The standard InChI is InChI=1S/C31H36O10/c1-19(3-7-25-16-35-29(32)39-25)28-12-11-24(13-20(28)2)38-23-8-4-21(5-9-23)14-22(15-27-18-37-31(34)41-27)6-10-26-17-36-30(33)40-26/h4-5,8-9,11-12,14,20,25-27,29,32H,1,3,6-7,10,13,15-18H2,2H3/b22-14-. The van der Waals surface area contributed by atoms with Crippen molar-refractivity contribution in [3.05, 3.63) is 71.0 Å². The Morgan fingerprint density at radius 2 is 1.68 bits per heavy atom. The number of carbonyl (C=O) groups excluding carboxylic acids is 2. The van der Waals surface area contributed by atoms with Crippen LogP contribution in [0.2, 0.25) is 0 Å². The Morgan fingerprint density at radius 1 is 0.976 bits per heavy atom. The number of aliphatic hydroxyl groups excluding tert-OH is 1. The van der Waals surface area contributed by atoms with Crippen LogP contribution >= 0.6 is 0 Å². The van der Waals surface area contributed by atoms with E-state index < -0.39 is 18.8 Å². The summed E-state index contributed by atoms with van der Waals surface area (Å²) in [5.41, 5.74) is 4.28. The van der Waals surface area contributed by atoms with Crippen molar-refractivity contribution in [3.8, 4) is 5.75 Å². The molecule has 10 heteroatoms. The molecule has 10 nitrogen and oxygen atoms in total. The van der Waals surface area contributed by atoms with Crippen LogP contribution in [0.3, 0.4) is 0 Å². The van der Waals surface area contributed by atoms with E-state index in [1.807, 2.05) is 30.3 Å². The van der Waals surface area contributed by atoms with E-state index >= 15 is 0 Å². The zero-order valence-electron chi connectivity index (χ0n) is 23.1. The minimum Gasteiger partial charge on any atom is -0.462 e. The summed E-state index contributed by atoms with van der Waals surface area (Å²) >= 11 is 0. The van der Waals surface area contributed by atoms with Gasteiger partial charge in [0.15, 0.2) is 0 Å². The van der Waals surface area contributed by atoms with Gasteiger partial charge in [-0.3, -0.25) is 0 Å². The van der Waals surface area contributed by atoms with E-state index in [9.17, 15) is 14.7 Å². The van der Waals surface area contributed by atoms with Crippen molar-refractivity contribution in [3.63, 3.8) is 0 Å². The molecule has 3 fully saturated rings. The molecule has 0 spiro atoms. The van der Waals surface area contributed by atoms with E-state index in [2.05, 4.69) is 25.7 Å². The highest BCUT2D eigenvalue weighted by atomic mass is 16.8. The topological polar surface area (TPSA) is 119 Å². The third kappa shape index (κ3) is 8.22. The summed E-state index contributed by atoms with van der Waals surface area (Å²) in [6.45, 7) is 6.16. The average Bonchev–Trinajstić information content (AvgIpc) is 3.68. The van der Waals surface area contributed by atoms with Crippen molar-refractivity contribution in [1.82, 2.24) is 0 Å². The Balaban J connectivity index is 1.17. The van der Waals surface area contributed by atoms with Gasteiger partial charge in [-0.05, 0) is 60.9 Å². The zero-order chi connectivity index (χ0) is 28.8. The van der Waals surface area contributed by atoms with Crippen molar-refractivity contribution in [2.75, 3.05) is 19.8 Å². The Morgan fingerprint density at radius 3 is 2.32 bits per heavy atom. The molecule has 1 aromatic rings. The molecular weight excluding hydrogens is 532 g/mol. The summed E-state index contributed by atoms with van der Waals surface area (Å²) in [5, 5.41) is 9.35. The molecule has 41 heavy (non-hydrogen) atoms. The molecular formula is C31H36O10. The van der Waals surface area contributed by atoms with Crippen LogP contribution in [0, 0.1) is 5.92 Å². The number of benzene rings is 1. The number of ether oxygens (including phenoxy) is 7. The van der Waals surface area contributed by atoms with Gasteiger partial charge in [-0.2, -0.15) is 0 Å². The first kappa shape index (κ1) is 28.9. The molecule has 1 aliphatic carbocycles. The summed E-state index contributed by atoms with van der Waals surface area (Å²) in [4.78, 5) is 22.6. The lowest BCUT2D eigenvalue weighted by Crippen LogP contribution is -2.14. The van der Waals surface area contributed by atoms with Crippen LogP contribution in [-0.4, -0.2) is 62.0 Å². The van der Waals surface area contributed by atoms with Crippen LogP contribution < -0.4 is 4.74 Å². The smallest absolute Gasteiger partial charge is 0.462 e. The molecule has 1 aromatic carbocycles.